The number of carboxylic acids is 1. The molecule has 0 aromatic heterocycles. The van der Waals surface area contributed by atoms with Crippen molar-refractivity contribution in [1.29, 1.82) is 0 Å². The molecule has 0 heterocycles. The number of hydrogen-bond donors (Lipinski definition) is 2. The molecule has 0 fully saturated rings. The molecule has 0 aliphatic heterocycles. The van der Waals surface area contributed by atoms with Crippen LogP contribution in [0.1, 0.15) is 19.3 Å². The molecule has 0 aliphatic rings. The summed E-state index contributed by atoms with van der Waals surface area (Å²) in [4.78, 5) is 9.87. The molecule has 0 spiro atoms. The number of allylic oxidation sites excluding steroid dienone is 1. The summed E-state index contributed by atoms with van der Waals surface area (Å²) in [6, 6.07) is 0. The van der Waals surface area contributed by atoms with Crippen molar-refractivity contribution < 1.29 is 15.0 Å². The van der Waals surface area contributed by atoms with Crippen LogP contribution in [0.2, 0.25) is 0 Å². The molecule has 0 aromatic rings. The first-order valence-corrected chi connectivity index (χ1v) is 2.71. The largest absolute Gasteiger partial charge is 0.513 e. The maximum atomic E-state index is 9.87. The Morgan fingerprint density at radius 1 is 1.33 bits per heavy atom. The monoisotopic (exact) mass is 130 g/mol. The van der Waals surface area contributed by atoms with Gasteiger partial charge in [-0.1, -0.05) is 6.58 Å². The zero-order valence-corrected chi connectivity index (χ0v) is 5.13. The topological polar surface area (TPSA) is 57.5 Å². The first kappa shape index (κ1) is 8.01. The van der Waals surface area contributed by atoms with Gasteiger partial charge in [-0.15, -0.1) is 0 Å². The highest BCUT2D eigenvalue weighted by atomic mass is 16.4. The van der Waals surface area contributed by atoms with Crippen LogP contribution in [0.3, 0.4) is 0 Å². The predicted octanol–water partition coefficient (Wildman–Crippen LogP) is 1.31. The van der Waals surface area contributed by atoms with Crippen molar-refractivity contribution in [3.05, 3.63) is 12.3 Å². The molecular weight excluding hydrogens is 120 g/mol. The van der Waals surface area contributed by atoms with Crippen molar-refractivity contribution in [2.45, 2.75) is 19.3 Å². The molecule has 0 rings (SSSR count). The number of hydrogen-bond acceptors (Lipinski definition) is 2. The lowest BCUT2D eigenvalue weighted by atomic mass is 10.2. The van der Waals surface area contributed by atoms with Gasteiger partial charge in [0.15, 0.2) is 0 Å². The highest BCUT2D eigenvalue weighted by Crippen LogP contribution is 2.00. The molecule has 3 heteroatoms. The molecule has 0 amide bonds. The van der Waals surface area contributed by atoms with Crippen LogP contribution in [0.5, 0.6) is 0 Å². The van der Waals surface area contributed by atoms with E-state index in [-0.39, 0.29) is 12.2 Å². The molecule has 0 radical (unpaired) electrons. The number of aliphatic hydroxyl groups excluding tert-OH is 1. The minimum Gasteiger partial charge on any atom is -0.513 e. The minimum absolute atomic E-state index is 0.0521. The van der Waals surface area contributed by atoms with Gasteiger partial charge in [-0.25, -0.2) is 0 Å². The average Bonchev–Trinajstić information content (AvgIpc) is 1.63. The van der Waals surface area contributed by atoms with Gasteiger partial charge < -0.3 is 10.2 Å². The first-order valence-electron chi connectivity index (χ1n) is 2.71. The lowest BCUT2D eigenvalue weighted by molar-refractivity contribution is -0.137. The van der Waals surface area contributed by atoms with Crippen molar-refractivity contribution in [1.82, 2.24) is 0 Å². The zero-order chi connectivity index (χ0) is 7.28. The van der Waals surface area contributed by atoms with Crippen LogP contribution in [0.25, 0.3) is 0 Å². The molecule has 0 saturated carbocycles. The van der Waals surface area contributed by atoms with E-state index in [1.165, 1.54) is 0 Å². The molecule has 2 N–H and O–H groups in total. The molecular formula is C6H10O3. The van der Waals surface area contributed by atoms with E-state index in [2.05, 4.69) is 6.58 Å². The maximum absolute atomic E-state index is 9.87. The second kappa shape index (κ2) is 3.95. The van der Waals surface area contributed by atoms with Crippen molar-refractivity contribution >= 4 is 5.97 Å². The summed E-state index contributed by atoms with van der Waals surface area (Å²) >= 11 is 0. The lowest BCUT2D eigenvalue weighted by Crippen LogP contribution is -1.93. The second-order valence-electron chi connectivity index (χ2n) is 1.81. The molecule has 0 saturated heterocycles. The van der Waals surface area contributed by atoms with E-state index in [1.807, 2.05) is 0 Å². The molecule has 0 bridgehead atoms. The third kappa shape index (κ3) is 7.01. The standard InChI is InChI=1S/C6H10O3/c1-5(7)3-2-4-6(8)9/h7H,1-4H2,(H,8,9). The quantitative estimate of drug-likeness (QED) is 0.564. The summed E-state index contributed by atoms with van der Waals surface area (Å²) in [7, 11) is 0. The summed E-state index contributed by atoms with van der Waals surface area (Å²) in [6.45, 7) is 3.21. The Labute approximate surface area is 53.6 Å². The molecule has 0 aromatic carbocycles. The summed E-state index contributed by atoms with van der Waals surface area (Å²) in [5.41, 5.74) is 0. The van der Waals surface area contributed by atoms with E-state index in [4.69, 9.17) is 10.2 Å². The van der Waals surface area contributed by atoms with Gasteiger partial charge in [0.1, 0.15) is 0 Å². The minimum atomic E-state index is -0.837. The van der Waals surface area contributed by atoms with Gasteiger partial charge in [-0.2, -0.15) is 0 Å². The van der Waals surface area contributed by atoms with E-state index >= 15 is 0 Å². The van der Waals surface area contributed by atoms with Gasteiger partial charge in [-0.05, 0) is 6.42 Å². The van der Waals surface area contributed by atoms with Gasteiger partial charge in [0.25, 0.3) is 0 Å². The van der Waals surface area contributed by atoms with Gasteiger partial charge in [0.2, 0.25) is 0 Å². The molecule has 0 aliphatic carbocycles. The Kier molecular flexibility index (Phi) is 3.51. The van der Waals surface area contributed by atoms with Crippen LogP contribution < -0.4 is 0 Å². The number of rotatable bonds is 4. The number of aliphatic hydroxyl groups is 1. The Hall–Kier alpha value is -0.990. The van der Waals surface area contributed by atoms with E-state index in [0.717, 1.165) is 0 Å². The van der Waals surface area contributed by atoms with E-state index in [9.17, 15) is 4.79 Å². The Bertz CT molecular complexity index is 103. The fraction of sp³-hybridized carbons (Fsp3) is 0.500. The molecule has 3 nitrogen and oxygen atoms in total. The third-order valence-electron chi connectivity index (χ3n) is 0.856. The summed E-state index contributed by atoms with van der Waals surface area (Å²) in [6.07, 6.45) is 0.941. The number of carbonyl (C=O) groups is 1. The fourth-order valence-corrected chi connectivity index (χ4v) is 0.444. The molecule has 0 unspecified atom stereocenters. The predicted molar refractivity (Wildman–Crippen MR) is 33.3 cm³/mol. The van der Waals surface area contributed by atoms with E-state index in [1.54, 1.807) is 0 Å². The van der Waals surface area contributed by atoms with Crippen LogP contribution >= 0.6 is 0 Å². The number of aliphatic carboxylic acids is 1. The summed E-state index contributed by atoms with van der Waals surface area (Å²) < 4.78 is 0. The van der Waals surface area contributed by atoms with Crippen LogP contribution in [0, 0.1) is 0 Å². The molecule has 0 atom stereocenters. The summed E-state index contributed by atoms with van der Waals surface area (Å²) in [5, 5.41) is 16.6. The van der Waals surface area contributed by atoms with Gasteiger partial charge in [0.05, 0.1) is 5.76 Å². The first-order chi connectivity index (χ1) is 4.13. The molecule has 9 heavy (non-hydrogen) atoms. The van der Waals surface area contributed by atoms with Crippen molar-refractivity contribution in [2.75, 3.05) is 0 Å². The number of carboxylic acid groups (broad SMARTS) is 1. The van der Waals surface area contributed by atoms with Crippen LogP contribution in [-0.4, -0.2) is 16.2 Å². The van der Waals surface area contributed by atoms with Crippen LogP contribution in [0.4, 0.5) is 0 Å². The van der Waals surface area contributed by atoms with E-state index in [0.29, 0.717) is 12.8 Å². The normalized spacial score (nSPS) is 8.89. The second-order valence-corrected chi connectivity index (χ2v) is 1.81. The smallest absolute Gasteiger partial charge is 0.303 e. The van der Waals surface area contributed by atoms with Crippen molar-refractivity contribution in [3.8, 4) is 0 Å². The highest BCUT2D eigenvalue weighted by Gasteiger charge is 1.95. The Morgan fingerprint density at radius 3 is 2.22 bits per heavy atom. The highest BCUT2D eigenvalue weighted by molar-refractivity contribution is 5.66. The average molecular weight is 130 g/mol. The van der Waals surface area contributed by atoms with Crippen molar-refractivity contribution in [3.63, 3.8) is 0 Å². The van der Waals surface area contributed by atoms with Crippen LogP contribution in [-0.2, 0) is 4.79 Å². The third-order valence-corrected chi connectivity index (χ3v) is 0.856. The fourth-order valence-electron chi connectivity index (χ4n) is 0.444. The van der Waals surface area contributed by atoms with Crippen molar-refractivity contribution in [2.24, 2.45) is 0 Å². The SMILES string of the molecule is C=C(O)CCCC(=O)O. The van der Waals surface area contributed by atoms with Gasteiger partial charge in [0, 0.05) is 12.8 Å². The summed E-state index contributed by atoms with van der Waals surface area (Å²) in [5.74, 6) is -0.785. The van der Waals surface area contributed by atoms with Gasteiger partial charge >= 0.3 is 5.97 Å². The lowest BCUT2D eigenvalue weighted by Gasteiger charge is -1.93. The zero-order valence-electron chi connectivity index (χ0n) is 5.13. The molecule has 52 valence electrons. The maximum Gasteiger partial charge on any atom is 0.303 e. The van der Waals surface area contributed by atoms with E-state index < -0.39 is 5.97 Å². The van der Waals surface area contributed by atoms with Crippen LogP contribution in [0.15, 0.2) is 12.3 Å². The Balaban J connectivity index is 3.10. The van der Waals surface area contributed by atoms with Gasteiger partial charge in [-0.3, -0.25) is 4.79 Å². The Morgan fingerprint density at radius 2 is 1.89 bits per heavy atom.